The van der Waals surface area contributed by atoms with E-state index in [-0.39, 0.29) is 10.8 Å². The lowest BCUT2D eigenvalue weighted by Crippen LogP contribution is -2.28. The predicted octanol–water partition coefficient (Wildman–Crippen LogP) is 3.24. The molecule has 1 heterocycles. The van der Waals surface area contributed by atoms with Gasteiger partial charge in [-0.15, -0.1) is 0 Å². The molecule has 2 aromatic rings. The summed E-state index contributed by atoms with van der Waals surface area (Å²) < 4.78 is 0. The Hall–Kier alpha value is -2.20. The van der Waals surface area contributed by atoms with Crippen LogP contribution in [0.2, 0.25) is 0 Å². The van der Waals surface area contributed by atoms with E-state index >= 15 is 0 Å². The van der Waals surface area contributed by atoms with Gasteiger partial charge in [0.1, 0.15) is 0 Å². The summed E-state index contributed by atoms with van der Waals surface area (Å²) in [5, 5.41) is 11.4. The van der Waals surface area contributed by atoms with Crippen molar-refractivity contribution < 1.29 is 4.92 Å². The second-order valence-electron chi connectivity index (χ2n) is 6.05. The average Bonchev–Trinajstić information content (AvgIpc) is 2.93. The number of likely N-dealkylation sites (tertiary alicyclic amines) is 1. The number of benzene rings is 2. The van der Waals surface area contributed by atoms with E-state index in [1.54, 1.807) is 0 Å². The molecule has 0 aliphatic carbocycles. The van der Waals surface area contributed by atoms with Crippen molar-refractivity contribution in [2.45, 2.75) is 25.4 Å². The number of nitrogens with zero attached hydrogens (tertiary/aromatic N) is 2. The van der Waals surface area contributed by atoms with Gasteiger partial charge in [-0.1, -0.05) is 60.2 Å². The van der Waals surface area contributed by atoms with E-state index in [1.165, 1.54) is 11.1 Å². The molecule has 0 saturated carbocycles. The molecule has 1 aliphatic heterocycles. The van der Waals surface area contributed by atoms with Gasteiger partial charge in [0, 0.05) is 18.0 Å². The van der Waals surface area contributed by atoms with Crippen LogP contribution in [-0.2, 0) is 6.54 Å². The van der Waals surface area contributed by atoms with Crippen LogP contribution in [0.5, 0.6) is 0 Å². The Balaban J connectivity index is 1.77. The highest BCUT2D eigenvalue weighted by Gasteiger charge is 2.41. The number of nitro groups is 1. The molecular weight excluding hydrogens is 276 g/mol. The van der Waals surface area contributed by atoms with Crippen molar-refractivity contribution in [3.63, 3.8) is 0 Å². The van der Waals surface area contributed by atoms with Gasteiger partial charge >= 0.3 is 0 Å². The highest BCUT2D eigenvalue weighted by molar-refractivity contribution is 5.27. The van der Waals surface area contributed by atoms with Gasteiger partial charge in [-0.2, -0.15) is 0 Å². The molecule has 4 heteroatoms. The zero-order chi connectivity index (χ0) is 15.5. The maximum Gasteiger partial charge on any atom is 0.233 e. The summed E-state index contributed by atoms with van der Waals surface area (Å²) in [7, 11) is 0. The second-order valence-corrected chi connectivity index (χ2v) is 6.05. The Morgan fingerprint density at radius 3 is 2.41 bits per heavy atom. The van der Waals surface area contributed by atoms with Crippen LogP contribution >= 0.6 is 0 Å². The average molecular weight is 296 g/mol. The number of aryl methyl sites for hydroxylation is 1. The SMILES string of the molecule is Cc1ccc(C2CN(Cc3ccccc3)CC2[N+](=O)[O-])cc1. The van der Waals surface area contributed by atoms with Crippen molar-refractivity contribution in [2.24, 2.45) is 0 Å². The quantitative estimate of drug-likeness (QED) is 0.643. The maximum absolute atomic E-state index is 11.4. The number of hydrogen-bond acceptors (Lipinski definition) is 3. The van der Waals surface area contributed by atoms with Crippen molar-refractivity contribution in [3.8, 4) is 0 Å². The van der Waals surface area contributed by atoms with Crippen LogP contribution in [0.25, 0.3) is 0 Å². The molecule has 1 fully saturated rings. The van der Waals surface area contributed by atoms with Gasteiger partial charge in [-0.3, -0.25) is 15.0 Å². The molecule has 114 valence electrons. The third kappa shape index (κ3) is 3.17. The Kier molecular flexibility index (Phi) is 4.20. The van der Waals surface area contributed by atoms with Crippen LogP contribution in [0, 0.1) is 17.0 Å². The van der Waals surface area contributed by atoms with E-state index < -0.39 is 6.04 Å². The van der Waals surface area contributed by atoms with Gasteiger partial charge in [0.05, 0.1) is 12.5 Å². The molecule has 22 heavy (non-hydrogen) atoms. The van der Waals surface area contributed by atoms with Crippen molar-refractivity contribution in [1.82, 2.24) is 4.90 Å². The molecule has 2 atom stereocenters. The van der Waals surface area contributed by atoms with Gasteiger partial charge < -0.3 is 0 Å². The Morgan fingerprint density at radius 2 is 1.77 bits per heavy atom. The van der Waals surface area contributed by atoms with Crippen LogP contribution in [0.4, 0.5) is 0 Å². The van der Waals surface area contributed by atoms with E-state index in [0.717, 1.165) is 18.7 Å². The molecule has 0 N–H and O–H groups in total. The van der Waals surface area contributed by atoms with Gasteiger partial charge in [0.2, 0.25) is 6.04 Å². The zero-order valence-electron chi connectivity index (χ0n) is 12.7. The minimum absolute atomic E-state index is 0.0284. The summed E-state index contributed by atoms with van der Waals surface area (Å²) in [5.41, 5.74) is 3.46. The van der Waals surface area contributed by atoms with Crippen molar-refractivity contribution in [1.29, 1.82) is 0 Å². The topological polar surface area (TPSA) is 46.4 Å². The van der Waals surface area contributed by atoms with E-state index in [2.05, 4.69) is 17.0 Å². The third-order valence-corrected chi connectivity index (χ3v) is 4.39. The molecule has 2 aromatic carbocycles. The Labute approximate surface area is 130 Å². The second kappa shape index (κ2) is 6.28. The van der Waals surface area contributed by atoms with Gasteiger partial charge in [-0.25, -0.2) is 0 Å². The summed E-state index contributed by atoms with van der Waals surface area (Å²) in [5.74, 6) is -0.0284. The molecule has 0 radical (unpaired) electrons. The fourth-order valence-corrected chi connectivity index (χ4v) is 3.19. The van der Waals surface area contributed by atoms with Gasteiger partial charge in [0.15, 0.2) is 0 Å². The summed E-state index contributed by atoms with van der Waals surface area (Å²) >= 11 is 0. The molecule has 1 saturated heterocycles. The van der Waals surface area contributed by atoms with Crippen LogP contribution in [0.3, 0.4) is 0 Å². The Morgan fingerprint density at radius 1 is 1.09 bits per heavy atom. The first-order valence-electron chi connectivity index (χ1n) is 7.60. The normalized spacial score (nSPS) is 21.9. The van der Waals surface area contributed by atoms with Crippen molar-refractivity contribution in [2.75, 3.05) is 13.1 Å². The van der Waals surface area contributed by atoms with Crippen LogP contribution in [-0.4, -0.2) is 29.0 Å². The van der Waals surface area contributed by atoms with E-state index in [4.69, 9.17) is 0 Å². The lowest BCUT2D eigenvalue weighted by Gasteiger charge is -2.15. The summed E-state index contributed by atoms with van der Waals surface area (Å²) in [6, 6.07) is 17.8. The van der Waals surface area contributed by atoms with Crippen molar-refractivity contribution >= 4 is 0 Å². The monoisotopic (exact) mass is 296 g/mol. The number of rotatable bonds is 4. The molecule has 0 aromatic heterocycles. The zero-order valence-corrected chi connectivity index (χ0v) is 12.7. The summed E-state index contributed by atoms with van der Waals surface area (Å²) in [6.07, 6.45) is 0. The first-order valence-corrected chi connectivity index (χ1v) is 7.60. The largest absolute Gasteiger partial charge is 0.292 e. The van der Waals surface area contributed by atoms with Gasteiger partial charge in [-0.05, 0) is 18.1 Å². The molecule has 2 unspecified atom stereocenters. The molecule has 4 nitrogen and oxygen atoms in total. The van der Waals surface area contributed by atoms with E-state index in [9.17, 15) is 10.1 Å². The molecule has 3 rings (SSSR count). The summed E-state index contributed by atoms with van der Waals surface area (Å²) in [6.45, 7) is 4.06. The first kappa shape index (κ1) is 14.7. The standard InChI is InChI=1S/C18H20N2O2/c1-14-7-9-16(10-8-14)17-12-19(13-18(17)20(21)22)11-15-5-3-2-4-6-15/h2-10,17-18H,11-13H2,1H3. The maximum atomic E-state index is 11.4. The molecule has 1 aliphatic rings. The predicted molar refractivity (Wildman–Crippen MR) is 86.4 cm³/mol. The van der Waals surface area contributed by atoms with Gasteiger partial charge in [0.25, 0.3) is 0 Å². The van der Waals surface area contributed by atoms with E-state index in [0.29, 0.717) is 6.54 Å². The highest BCUT2D eigenvalue weighted by atomic mass is 16.6. The van der Waals surface area contributed by atoms with Crippen LogP contribution in [0.1, 0.15) is 22.6 Å². The fourth-order valence-electron chi connectivity index (χ4n) is 3.19. The minimum atomic E-state index is -0.522. The smallest absolute Gasteiger partial charge is 0.233 e. The number of hydrogen-bond donors (Lipinski definition) is 0. The van der Waals surface area contributed by atoms with Crippen LogP contribution in [0.15, 0.2) is 54.6 Å². The molecule has 0 spiro atoms. The minimum Gasteiger partial charge on any atom is -0.292 e. The fraction of sp³-hybridized carbons (Fsp3) is 0.333. The lowest BCUT2D eigenvalue weighted by atomic mass is 9.94. The highest BCUT2D eigenvalue weighted by Crippen LogP contribution is 2.30. The molecular formula is C18H20N2O2. The third-order valence-electron chi connectivity index (χ3n) is 4.39. The van der Waals surface area contributed by atoms with Crippen LogP contribution < -0.4 is 0 Å². The molecule has 0 amide bonds. The summed E-state index contributed by atoms with van der Waals surface area (Å²) in [4.78, 5) is 13.5. The van der Waals surface area contributed by atoms with E-state index in [1.807, 2.05) is 49.4 Å². The first-order chi connectivity index (χ1) is 10.6. The Bertz CT molecular complexity index is 640. The van der Waals surface area contributed by atoms with Crippen molar-refractivity contribution in [3.05, 3.63) is 81.4 Å². The molecule has 0 bridgehead atoms. The lowest BCUT2D eigenvalue weighted by molar-refractivity contribution is -0.521.